The van der Waals surface area contributed by atoms with E-state index in [1.165, 1.54) is 4.88 Å². The van der Waals surface area contributed by atoms with Crippen molar-refractivity contribution in [2.24, 2.45) is 5.92 Å². The number of amides is 1. The molecule has 1 aromatic rings. The maximum Gasteiger partial charge on any atom is 0.236 e. The molecular formula is C14H25N3OS. The summed E-state index contributed by atoms with van der Waals surface area (Å²) in [5, 5.41) is 7.20. The van der Waals surface area contributed by atoms with Crippen molar-refractivity contribution >= 4 is 17.2 Å². The van der Waals surface area contributed by atoms with Crippen LogP contribution < -0.4 is 10.6 Å². The summed E-state index contributed by atoms with van der Waals surface area (Å²) in [5.41, 5.74) is 1.06. The van der Waals surface area contributed by atoms with E-state index in [1.54, 1.807) is 18.4 Å². The van der Waals surface area contributed by atoms with Crippen LogP contribution in [0.3, 0.4) is 0 Å². The molecular weight excluding hydrogens is 258 g/mol. The van der Waals surface area contributed by atoms with E-state index in [2.05, 4.69) is 43.3 Å². The lowest BCUT2D eigenvalue weighted by molar-refractivity contribution is -0.123. The molecule has 2 atom stereocenters. The zero-order valence-electron chi connectivity index (χ0n) is 12.7. The molecule has 1 amide bonds. The number of nitrogens with one attached hydrogen (secondary N) is 2. The predicted molar refractivity (Wildman–Crippen MR) is 80.4 cm³/mol. The van der Waals surface area contributed by atoms with Crippen LogP contribution >= 0.6 is 11.3 Å². The van der Waals surface area contributed by atoms with Crippen LogP contribution in [0.15, 0.2) is 0 Å². The maximum absolute atomic E-state index is 11.9. The summed E-state index contributed by atoms with van der Waals surface area (Å²) >= 11 is 1.70. The summed E-state index contributed by atoms with van der Waals surface area (Å²) in [5.74, 6) is 0.519. The predicted octanol–water partition coefficient (Wildman–Crippen LogP) is 2.57. The van der Waals surface area contributed by atoms with Gasteiger partial charge in [0.2, 0.25) is 5.91 Å². The second-order valence-electron chi connectivity index (χ2n) is 5.36. The van der Waals surface area contributed by atoms with Crippen LogP contribution in [0.1, 0.15) is 48.8 Å². The molecule has 0 aromatic carbocycles. The van der Waals surface area contributed by atoms with Crippen molar-refractivity contribution in [2.45, 2.75) is 53.1 Å². The standard InChI is InChI=1S/C14H25N3OS/c1-8(2)7-12(14(18)15-6)16-9(3)13-10(4)19-11(5)17-13/h8-9,12,16H,7H2,1-6H3,(H,15,18). The zero-order chi connectivity index (χ0) is 14.6. The topological polar surface area (TPSA) is 54.0 Å². The highest BCUT2D eigenvalue weighted by Crippen LogP contribution is 2.23. The first-order chi connectivity index (χ1) is 8.85. The molecule has 108 valence electrons. The molecule has 5 heteroatoms. The monoisotopic (exact) mass is 283 g/mol. The number of aromatic nitrogens is 1. The number of likely N-dealkylation sites (N-methyl/N-ethyl adjacent to an activating group) is 1. The minimum absolute atomic E-state index is 0.0464. The Bertz CT molecular complexity index is 428. The van der Waals surface area contributed by atoms with E-state index >= 15 is 0 Å². The molecule has 4 nitrogen and oxygen atoms in total. The van der Waals surface area contributed by atoms with Crippen LogP contribution in [0.25, 0.3) is 0 Å². The summed E-state index contributed by atoms with van der Waals surface area (Å²) in [4.78, 5) is 17.7. The number of nitrogens with zero attached hydrogens (tertiary/aromatic N) is 1. The fraction of sp³-hybridized carbons (Fsp3) is 0.714. The second kappa shape index (κ2) is 7.01. The third-order valence-corrected chi connectivity index (χ3v) is 3.97. The smallest absolute Gasteiger partial charge is 0.236 e. The summed E-state index contributed by atoms with van der Waals surface area (Å²) in [6, 6.07) is -0.0765. The molecule has 0 aliphatic heterocycles. The Labute approximate surface area is 120 Å². The molecule has 0 aliphatic rings. The summed E-state index contributed by atoms with van der Waals surface area (Å²) in [7, 11) is 1.68. The van der Waals surface area contributed by atoms with E-state index < -0.39 is 0 Å². The van der Waals surface area contributed by atoms with Gasteiger partial charge in [-0.25, -0.2) is 4.98 Å². The minimum Gasteiger partial charge on any atom is -0.358 e. The lowest BCUT2D eigenvalue weighted by Gasteiger charge is -2.23. The van der Waals surface area contributed by atoms with Crippen LogP contribution in [0.2, 0.25) is 0 Å². The maximum atomic E-state index is 11.9. The molecule has 0 saturated heterocycles. The van der Waals surface area contributed by atoms with E-state index in [-0.39, 0.29) is 18.0 Å². The molecule has 0 spiro atoms. The van der Waals surface area contributed by atoms with Crippen molar-refractivity contribution in [1.29, 1.82) is 0 Å². The summed E-state index contributed by atoms with van der Waals surface area (Å²) in [6.07, 6.45) is 0.826. The van der Waals surface area contributed by atoms with Crippen LogP contribution in [-0.4, -0.2) is 24.0 Å². The average molecular weight is 283 g/mol. The molecule has 0 aliphatic carbocycles. The number of hydrogen-bond donors (Lipinski definition) is 2. The van der Waals surface area contributed by atoms with Crippen molar-refractivity contribution in [3.63, 3.8) is 0 Å². The van der Waals surface area contributed by atoms with Crippen LogP contribution in [0.5, 0.6) is 0 Å². The molecule has 0 fully saturated rings. The molecule has 1 rings (SSSR count). The van der Waals surface area contributed by atoms with Gasteiger partial charge in [-0.15, -0.1) is 11.3 Å². The quantitative estimate of drug-likeness (QED) is 0.843. The third-order valence-electron chi connectivity index (χ3n) is 3.07. The number of thiazole rings is 1. The Morgan fingerprint density at radius 3 is 2.37 bits per heavy atom. The molecule has 19 heavy (non-hydrogen) atoms. The minimum atomic E-state index is -0.165. The van der Waals surface area contributed by atoms with Crippen LogP contribution in [-0.2, 0) is 4.79 Å². The molecule has 1 heterocycles. The van der Waals surface area contributed by atoms with Gasteiger partial charge >= 0.3 is 0 Å². The lowest BCUT2D eigenvalue weighted by atomic mass is 10.0. The van der Waals surface area contributed by atoms with Crippen molar-refractivity contribution in [3.05, 3.63) is 15.6 Å². The molecule has 0 bridgehead atoms. The molecule has 2 unspecified atom stereocenters. The fourth-order valence-corrected chi connectivity index (χ4v) is 3.14. The molecule has 0 radical (unpaired) electrons. The molecule has 0 saturated carbocycles. The number of hydrogen-bond acceptors (Lipinski definition) is 4. The fourth-order valence-electron chi connectivity index (χ4n) is 2.22. The highest BCUT2D eigenvalue weighted by molar-refractivity contribution is 7.11. The Morgan fingerprint density at radius 2 is 1.95 bits per heavy atom. The lowest BCUT2D eigenvalue weighted by Crippen LogP contribution is -2.44. The van der Waals surface area contributed by atoms with E-state index in [0.717, 1.165) is 17.1 Å². The van der Waals surface area contributed by atoms with Gasteiger partial charge in [0.15, 0.2) is 0 Å². The van der Waals surface area contributed by atoms with E-state index in [0.29, 0.717) is 5.92 Å². The Kier molecular flexibility index (Phi) is 5.94. The highest BCUT2D eigenvalue weighted by Gasteiger charge is 2.23. The average Bonchev–Trinajstić information content (AvgIpc) is 2.66. The first kappa shape index (κ1) is 16.1. The van der Waals surface area contributed by atoms with Crippen molar-refractivity contribution in [1.82, 2.24) is 15.6 Å². The van der Waals surface area contributed by atoms with Crippen LogP contribution in [0.4, 0.5) is 0 Å². The van der Waals surface area contributed by atoms with Gasteiger partial charge in [0.05, 0.1) is 16.7 Å². The van der Waals surface area contributed by atoms with Crippen molar-refractivity contribution < 1.29 is 4.79 Å². The van der Waals surface area contributed by atoms with E-state index in [1.807, 2.05) is 6.92 Å². The zero-order valence-corrected chi connectivity index (χ0v) is 13.5. The van der Waals surface area contributed by atoms with Gasteiger partial charge in [0.25, 0.3) is 0 Å². The van der Waals surface area contributed by atoms with Gasteiger partial charge in [-0.2, -0.15) is 0 Å². The van der Waals surface area contributed by atoms with Crippen LogP contribution in [0, 0.1) is 19.8 Å². The highest BCUT2D eigenvalue weighted by atomic mass is 32.1. The number of carbonyl (C=O) groups excluding carboxylic acids is 1. The number of aryl methyl sites for hydroxylation is 2. The first-order valence-corrected chi connectivity index (χ1v) is 7.58. The summed E-state index contributed by atoms with van der Waals surface area (Å²) in [6.45, 7) is 10.4. The van der Waals surface area contributed by atoms with Crippen molar-refractivity contribution in [2.75, 3.05) is 7.05 Å². The molecule has 1 aromatic heterocycles. The third kappa shape index (κ3) is 4.58. The Morgan fingerprint density at radius 1 is 1.32 bits per heavy atom. The van der Waals surface area contributed by atoms with Gasteiger partial charge in [-0.05, 0) is 33.1 Å². The normalized spacial score (nSPS) is 14.5. The van der Waals surface area contributed by atoms with E-state index in [9.17, 15) is 4.79 Å². The second-order valence-corrected chi connectivity index (χ2v) is 6.77. The van der Waals surface area contributed by atoms with Gasteiger partial charge < -0.3 is 5.32 Å². The van der Waals surface area contributed by atoms with Crippen molar-refractivity contribution in [3.8, 4) is 0 Å². The van der Waals surface area contributed by atoms with Gasteiger partial charge in [0.1, 0.15) is 0 Å². The molecule has 2 N–H and O–H groups in total. The first-order valence-electron chi connectivity index (χ1n) is 6.76. The van der Waals surface area contributed by atoms with Gasteiger partial charge in [-0.3, -0.25) is 10.1 Å². The Balaban J connectivity index is 2.78. The summed E-state index contributed by atoms with van der Waals surface area (Å²) < 4.78 is 0. The Hall–Kier alpha value is -0.940. The van der Waals surface area contributed by atoms with Gasteiger partial charge in [0, 0.05) is 18.0 Å². The number of rotatable bonds is 6. The number of carbonyl (C=O) groups is 1. The van der Waals surface area contributed by atoms with Gasteiger partial charge in [-0.1, -0.05) is 13.8 Å². The SMILES string of the molecule is CNC(=O)C(CC(C)C)NC(C)c1nc(C)sc1C. The largest absolute Gasteiger partial charge is 0.358 e. The van der Waals surface area contributed by atoms with E-state index in [4.69, 9.17) is 0 Å².